The molecule has 1 saturated carbocycles. The summed E-state index contributed by atoms with van der Waals surface area (Å²) < 4.78 is 40.9. The number of hydrogen-bond acceptors (Lipinski definition) is 6. The Morgan fingerprint density at radius 3 is 2.12 bits per heavy atom. The Bertz CT molecular complexity index is 634. The number of carbonyl (C=O) groups excluding carboxylic acids is 1. The van der Waals surface area contributed by atoms with E-state index in [0.29, 0.717) is 6.42 Å². The number of nitrogens with one attached hydrogen (secondary N) is 1. The Labute approximate surface area is 150 Å². The number of ether oxygens (including phenoxy) is 3. The van der Waals surface area contributed by atoms with E-state index in [-0.39, 0.29) is 12.0 Å². The molecular weight excluding hydrogens is 346 g/mol. The van der Waals surface area contributed by atoms with Gasteiger partial charge in [0.2, 0.25) is 0 Å². The lowest BCUT2D eigenvalue weighted by Gasteiger charge is -2.33. The number of amides is 1. The zero-order valence-corrected chi connectivity index (χ0v) is 17.2. The second-order valence-corrected chi connectivity index (χ2v) is 11.6. The van der Waals surface area contributed by atoms with E-state index in [1.807, 2.05) is 0 Å². The lowest BCUT2D eigenvalue weighted by molar-refractivity contribution is -0.159. The fourth-order valence-corrected chi connectivity index (χ4v) is 4.32. The second kappa shape index (κ2) is 6.09. The first-order valence-electron chi connectivity index (χ1n) is 8.58. The van der Waals surface area contributed by atoms with Crippen LogP contribution in [-0.2, 0) is 24.0 Å². The van der Waals surface area contributed by atoms with E-state index < -0.39 is 44.3 Å². The van der Waals surface area contributed by atoms with Crippen LogP contribution >= 0.6 is 0 Å². The maximum Gasteiger partial charge on any atom is 0.407 e. The van der Waals surface area contributed by atoms with Crippen LogP contribution in [0.25, 0.3) is 0 Å². The third-order valence-electron chi connectivity index (χ3n) is 5.02. The van der Waals surface area contributed by atoms with Crippen molar-refractivity contribution in [2.24, 2.45) is 5.92 Å². The molecule has 7 nitrogen and oxygen atoms in total. The van der Waals surface area contributed by atoms with Crippen LogP contribution in [0.4, 0.5) is 4.79 Å². The Kier molecular flexibility index (Phi) is 4.99. The van der Waals surface area contributed by atoms with Crippen molar-refractivity contribution in [3.8, 4) is 0 Å². The maximum atomic E-state index is 12.3. The van der Waals surface area contributed by atoms with E-state index in [1.165, 1.54) is 6.26 Å². The van der Waals surface area contributed by atoms with Gasteiger partial charge in [-0.3, -0.25) is 0 Å². The highest BCUT2D eigenvalue weighted by molar-refractivity contribution is 7.92. The SMILES string of the molecule is CC(C)(C)OC(=O)NC1C[C@H](C(C)(C)S(C)(=O)=O)[C@H]2OC(C)(C)O[C@@H]12. The highest BCUT2D eigenvalue weighted by atomic mass is 32.2. The van der Waals surface area contributed by atoms with E-state index in [1.54, 1.807) is 48.5 Å². The van der Waals surface area contributed by atoms with Gasteiger partial charge in [-0.25, -0.2) is 13.2 Å². The summed E-state index contributed by atoms with van der Waals surface area (Å²) in [5.41, 5.74) is -0.611. The molecule has 0 spiro atoms. The van der Waals surface area contributed by atoms with Gasteiger partial charge in [-0.1, -0.05) is 0 Å². The lowest BCUT2D eigenvalue weighted by atomic mass is 9.91. The molecule has 4 atom stereocenters. The molecule has 1 heterocycles. The minimum absolute atomic E-state index is 0.297. The topological polar surface area (TPSA) is 90.9 Å². The minimum Gasteiger partial charge on any atom is -0.444 e. The molecule has 0 radical (unpaired) electrons. The summed E-state index contributed by atoms with van der Waals surface area (Å²) in [6, 6.07) is -0.368. The smallest absolute Gasteiger partial charge is 0.407 e. The van der Waals surface area contributed by atoms with Crippen molar-refractivity contribution >= 4 is 15.9 Å². The quantitative estimate of drug-likeness (QED) is 0.811. The van der Waals surface area contributed by atoms with Crippen LogP contribution in [0.1, 0.15) is 54.9 Å². The average molecular weight is 378 g/mol. The van der Waals surface area contributed by atoms with Crippen molar-refractivity contribution in [1.29, 1.82) is 0 Å². The van der Waals surface area contributed by atoms with Crippen LogP contribution in [0.5, 0.6) is 0 Å². The summed E-state index contributed by atoms with van der Waals surface area (Å²) in [7, 11) is -3.32. The standard InChI is InChI=1S/C17H31NO6S/c1-15(2,3)24-14(19)18-11-9-10(16(4,5)25(8,20)21)12-13(11)23-17(6,7)22-12/h10-13H,9H2,1-8H3,(H,18,19)/t10-,11?,12+,13-/m0/s1. The second-order valence-electron chi connectivity index (χ2n) is 9.04. The van der Waals surface area contributed by atoms with E-state index in [9.17, 15) is 13.2 Å². The summed E-state index contributed by atoms with van der Waals surface area (Å²) in [6.45, 7) is 12.4. The van der Waals surface area contributed by atoms with Gasteiger partial charge >= 0.3 is 6.09 Å². The highest BCUT2D eigenvalue weighted by Gasteiger charge is 2.60. The highest BCUT2D eigenvalue weighted by Crippen LogP contribution is 2.47. The van der Waals surface area contributed by atoms with Crippen LogP contribution in [0, 0.1) is 5.92 Å². The van der Waals surface area contributed by atoms with Crippen molar-refractivity contribution in [3.05, 3.63) is 0 Å². The molecule has 25 heavy (non-hydrogen) atoms. The monoisotopic (exact) mass is 377 g/mol. The molecule has 2 aliphatic rings. The van der Waals surface area contributed by atoms with Gasteiger partial charge in [0.25, 0.3) is 0 Å². The van der Waals surface area contributed by atoms with Crippen molar-refractivity contribution in [3.63, 3.8) is 0 Å². The molecule has 0 aromatic rings. The zero-order valence-electron chi connectivity index (χ0n) is 16.4. The lowest BCUT2D eigenvalue weighted by Crippen LogP contribution is -2.45. The van der Waals surface area contributed by atoms with Gasteiger partial charge in [-0.05, 0) is 54.9 Å². The van der Waals surface area contributed by atoms with Gasteiger partial charge in [0, 0.05) is 12.2 Å². The third kappa shape index (κ3) is 4.28. The van der Waals surface area contributed by atoms with Crippen LogP contribution in [0.15, 0.2) is 0 Å². The summed E-state index contributed by atoms with van der Waals surface area (Å²) in [6.07, 6.45) is 0.332. The van der Waals surface area contributed by atoms with Crippen LogP contribution in [-0.4, -0.2) is 55.2 Å². The van der Waals surface area contributed by atoms with Gasteiger partial charge in [0.05, 0.1) is 16.9 Å². The molecule has 1 aliphatic carbocycles. The number of fused-ring (bicyclic) bond motifs is 1. The fourth-order valence-electron chi connectivity index (χ4n) is 3.54. The number of sulfone groups is 1. The number of hydrogen-bond donors (Lipinski definition) is 1. The zero-order chi connectivity index (χ0) is 19.4. The molecule has 1 saturated heterocycles. The molecule has 8 heteroatoms. The first-order valence-corrected chi connectivity index (χ1v) is 10.5. The Balaban J connectivity index is 2.25. The molecule has 1 N–H and O–H groups in total. The van der Waals surface area contributed by atoms with Crippen molar-refractivity contribution < 1.29 is 27.4 Å². The maximum absolute atomic E-state index is 12.3. The molecule has 1 aliphatic heterocycles. The number of alkyl carbamates (subject to hydrolysis) is 1. The predicted octanol–water partition coefficient (Wildman–Crippen LogP) is 2.24. The summed E-state index contributed by atoms with van der Waals surface area (Å²) in [5, 5.41) is 2.84. The van der Waals surface area contributed by atoms with Gasteiger partial charge in [0.15, 0.2) is 15.6 Å². The van der Waals surface area contributed by atoms with E-state index in [4.69, 9.17) is 14.2 Å². The van der Waals surface area contributed by atoms with Crippen LogP contribution < -0.4 is 5.32 Å². The van der Waals surface area contributed by atoms with Crippen molar-refractivity contribution in [1.82, 2.24) is 5.32 Å². The summed E-state index contributed by atoms with van der Waals surface area (Å²) >= 11 is 0. The van der Waals surface area contributed by atoms with Gasteiger partial charge in [0.1, 0.15) is 11.7 Å². The van der Waals surface area contributed by atoms with Gasteiger partial charge in [-0.15, -0.1) is 0 Å². The van der Waals surface area contributed by atoms with Crippen LogP contribution in [0.3, 0.4) is 0 Å². The fraction of sp³-hybridized carbons (Fsp3) is 0.941. The molecular formula is C17H31NO6S. The van der Waals surface area contributed by atoms with Crippen molar-refractivity contribution in [2.45, 2.75) is 89.3 Å². The molecule has 1 unspecified atom stereocenters. The van der Waals surface area contributed by atoms with Gasteiger partial charge < -0.3 is 19.5 Å². The Morgan fingerprint density at radius 2 is 1.64 bits per heavy atom. The largest absolute Gasteiger partial charge is 0.444 e. The third-order valence-corrected chi connectivity index (χ3v) is 7.23. The van der Waals surface area contributed by atoms with Crippen molar-refractivity contribution in [2.75, 3.05) is 6.26 Å². The molecule has 1 amide bonds. The van der Waals surface area contributed by atoms with E-state index >= 15 is 0 Å². The molecule has 2 rings (SSSR count). The van der Waals surface area contributed by atoms with E-state index in [2.05, 4.69) is 5.32 Å². The molecule has 0 aromatic carbocycles. The first-order chi connectivity index (χ1) is 11.0. The van der Waals surface area contributed by atoms with Crippen LogP contribution in [0.2, 0.25) is 0 Å². The molecule has 2 fully saturated rings. The normalized spacial score (nSPS) is 32.3. The molecule has 146 valence electrons. The Hall–Kier alpha value is -0.860. The first kappa shape index (κ1) is 20.5. The minimum atomic E-state index is -3.32. The van der Waals surface area contributed by atoms with Gasteiger partial charge in [-0.2, -0.15) is 0 Å². The molecule has 0 bridgehead atoms. The number of carbonyl (C=O) groups is 1. The summed E-state index contributed by atoms with van der Waals surface area (Å²) in [5.74, 6) is -1.12. The van der Waals surface area contributed by atoms with E-state index in [0.717, 1.165) is 0 Å². The average Bonchev–Trinajstić information content (AvgIpc) is 2.80. The number of rotatable bonds is 3. The predicted molar refractivity (Wildman–Crippen MR) is 94.0 cm³/mol. The molecule has 0 aromatic heterocycles. The summed E-state index contributed by atoms with van der Waals surface area (Å²) in [4.78, 5) is 12.2. The Morgan fingerprint density at radius 1 is 1.12 bits per heavy atom.